The van der Waals surface area contributed by atoms with Crippen LogP contribution in [0.4, 0.5) is 0 Å². The minimum absolute atomic E-state index is 0.470. The van der Waals surface area contributed by atoms with Crippen molar-refractivity contribution in [2.45, 2.75) is 32.2 Å². The Bertz CT molecular complexity index is 303. The molecule has 0 spiro atoms. The molecular weight excluding hydrogens is 190 g/mol. The second-order valence-corrected chi connectivity index (χ2v) is 4.09. The van der Waals surface area contributed by atoms with Gasteiger partial charge in [0.1, 0.15) is 6.26 Å². The third-order valence-corrected chi connectivity index (χ3v) is 3.16. The summed E-state index contributed by atoms with van der Waals surface area (Å²) in [6, 6.07) is 0. The summed E-state index contributed by atoms with van der Waals surface area (Å²) in [6.45, 7) is 6.13. The molecule has 0 aliphatic carbocycles. The molecule has 1 aliphatic rings. The number of oxazole rings is 1. The molecule has 0 aromatic carbocycles. The van der Waals surface area contributed by atoms with Gasteiger partial charge in [-0.05, 0) is 32.5 Å². The van der Waals surface area contributed by atoms with Crippen LogP contribution in [0.5, 0.6) is 0 Å². The van der Waals surface area contributed by atoms with Crippen molar-refractivity contribution in [3.8, 4) is 0 Å². The quantitative estimate of drug-likeness (QED) is 0.816. The minimum atomic E-state index is 0.470. The van der Waals surface area contributed by atoms with Crippen LogP contribution in [0.15, 0.2) is 10.7 Å². The highest BCUT2D eigenvalue weighted by Crippen LogP contribution is 2.27. The first-order valence-electron chi connectivity index (χ1n) is 5.70. The minimum Gasteiger partial charge on any atom is -0.448 e. The van der Waals surface area contributed by atoms with E-state index in [4.69, 9.17) is 10.2 Å². The smallest absolute Gasteiger partial charge is 0.197 e. The lowest BCUT2D eigenvalue weighted by Gasteiger charge is -2.29. The third kappa shape index (κ3) is 2.38. The van der Waals surface area contributed by atoms with Gasteiger partial charge in [0.15, 0.2) is 5.89 Å². The van der Waals surface area contributed by atoms with Crippen LogP contribution in [0.3, 0.4) is 0 Å². The molecule has 2 heterocycles. The standard InChI is InChI=1S/C11H19N3O/c1-2-14-5-3-9(4-6-14)11-13-10(7-12)8-15-11/h8-9H,2-7,12H2,1H3. The van der Waals surface area contributed by atoms with Gasteiger partial charge in [-0.1, -0.05) is 6.92 Å². The first kappa shape index (κ1) is 10.6. The van der Waals surface area contributed by atoms with Crippen LogP contribution in [0.2, 0.25) is 0 Å². The number of hydrogen-bond donors (Lipinski definition) is 1. The van der Waals surface area contributed by atoms with E-state index in [1.807, 2.05) is 0 Å². The Morgan fingerprint density at radius 2 is 2.27 bits per heavy atom. The summed E-state index contributed by atoms with van der Waals surface area (Å²) in [6.07, 6.45) is 3.98. The molecular formula is C11H19N3O. The number of nitrogens with zero attached hydrogens (tertiary/aromatic N) is 2. The van der Waals surface area contributed by atoms with Gasteiger partial charge >= 0.3 is 0 Å². The van der Waals surface area contributed by atoms with Gasteiger partial charge in [0, 0.05) is 12.5 Å². The summed E-state index contributed by atoms with van der Waals surface area (Å²) < 4.78 is 5.45. The molecule has 0 atom stereocenters. The largest absolute Gasteiger partial charge is 0.448 e. The number of likely N-dealkylation sites (tertiary alicyclic amines) is 1. The fourth-order valence-corrected chi connectivity index (χ4v) is 2.10. The van der Waals surface area contributed by atoms with Gasteiger partial charge in [0.05, 0.1) is 5.69 Å². The zero-order valence-electron chi connectivity index (χ0n) is 9.28. The fourth-order valence-electron chi connectivity index (χ4n) is 2.10. The molecule has 2 rings (SSSR count). The van der Waals surface area contributed by atoms with Gasteiger partial charge in [0.2, 0.25) is 0 Å². The monoisotopic (exact) mass is 209 g/mol. The molecule has 1 saturated heterocycles. The molecule has 0 saturated carbocycles. The summed E-state index contributed by atoms with van der Waals surface area (Å²) in [5.41, 5.74) is 6.37. The molecule has 84 valence electrons. The highest BCUT2D eigenvalue weighted by atomic mass is 16.3. The topological polar surface area (TPSA) is 55.3 Å². The molecule has 0 bridgehead atoms. The number of piperidine rings is 1. The van der Waals surface area contributed by atoms with Gasteiger partial charge < -0.3 is 15.1 Å². The van der Waals surface area contributed by atoms with Crippen LogP contribution in [-0.2, 0) is 6.54 Å². The molecule has 4 nitrogen and oxygen atoms in total. The van der Waals surface area contributed by atoms with Crippen molar-refractivity contribution in [1.29, 1.82) is 0 Å². The first-order chi connectivity index (χ1) is 7.33. The summed E-state index contributed by atoms with van der Waals surface area (Å²) in [5, 5.41) is 0. The van der Waals surface area contributed by atoms with E-state index in [1.165, 1.54) is 0 Å². The van der Waals surface area contributed by atoms with Gasteiger partial charge in [-0.2, -0.15) is 0 Å². The van der Waals surface area contributed by atoms with E-state index in [0.29, 0.717) is 12.5 Å². The van der Waals surface area contributed by atoms with Crippen LogP contribution < -0.4 is 5.73 Å². The predicted octanol–water partition coefficient (Wildman–Crippen LogP) is 1.33. The van der Waals surface area contributed by atoms with E-state index in [2.05, 4.69) is 16.8 Å². The summed E-state index contributed by atoms with van der Waals surface area (Å²) >= 11 is 0. The lowest BCUT2D eigenvalue weighted by atomic mass is 9.97. The Morgan fingerprint density at radius 1 is 1.53 bits per heavy atom. The summed E-state index contributed by atoms with van der Waals surface area (Å²) in [7, 11) is 0. The van der Waals surface area contributed by atoms with E-state index in [-0.39, 0.29) is 0 Å². The van der Waals surface area contributed by atoms with Crippen LogP contribution in [0.1, 0.15) is 37.3 Å². The van der Waals surface area contributed by atoms with Crippen molar-refractivity contribution >= 4 is 0 Å². The zero-order valence-corrected chi connectivity index (χ0v) is 9.28. The molecule has 1 fully saturated rings. The second kappa shape index (κ2) is 4.77. The molecule has 4 heteroatoms. The average molecular weight is 209 g/mol. The first-order valence-corrected chi connectivity index (χ1v) is 5.70. The number of aromatic nitrogens is 1. The normalized spacial score (nSPS) is 19.6. The molecule has 1 aliphatic heterocycles. The van der Waals surface area contributed by atoms with Crippen molar-refractivity contribution < 1.29 is 4.42 Å². The number of nitrogens with two attached hydrogens (primary N) is 1. The van der Waals surface area contributed by atoms with Gasteiger partial charge in [-0.3, -0.25) is 0 Å². The molecule has 0 amide bonds. The number of hydrogen-bond acceptors (Lipinski definition) is 4. The highest BCUT2D eigenvalue weighted by molar-refractivity contribution is 5.01. The van der Waals surface area contributed by atoms with Crippen molar-refractivity contribution in [1.82, 2.24) is 9.88 Å². The van der Waals surface area contributed by atoms with Crippen LogP contribution >= 0.6 is 0 Å². The maximum absolute atomic E-state index is 5.51. The molecule has 0 unspecified atom stereocenters. The third-order valence-electron chi connectivity index (χ3n) is 3.16. The Labute approximate surface area is 90.5 Å². The zero-order chi connectivity index (χ0) is 10.7. The Balaban J connectivity index is 1.95. The van der Waals surface area contributed by atoms with Crippen LogP contribution in [-0.4, -0.2) is 29.5 Å². The molecule has 1 aromatic rings. The maximum atomic E-state index is 5.51. The Kier molecular flexibility index (Phi) is 3.38. The van der Waals surface area contributed by atoms with E-state index < -0.39 is 0 Å². The van der Waals surface area contributed by atoms with Crippen molar-refractivity contribution in [3.05, 3.63) is 17.8 Å². The van der Waals surface area contributed by atoms with Gasteiger partial charge in [0.25, 0.3) is 0 Å². The average Bonchev–Trinajstić information content (AvgIpc) is 2.78. The lowest BCUT2D eigenvalue weighted by molar-refractivity contribution is 0.208. The van der Waals surface area contributed by atoms with E-state index >= 15 is 0 Å². The Hall–Kier alpha value is -0.870. The Morgan fingerprint density at radius 3 is 2.80 bits per heavy atom. The van der Waals surface area contributed by atoms with Crippen LogP contribution in [0.25, 0.3) is 0 Å². The molecule has 2 N–H and O–H groups in total. The SMILES string of the molecule is CCN1CCC(c2nc(CN)co2)CC1. The van der Waals surface area contributed by atoms with Crippen molar-refractivity contribution in [3.63, 3.8) is 0 Å². The fraction of sp³-hybridized carbons (Fsp3) is 0.727. The highest BCUT2D eigenvalue weighted by Gasteiger charge is 2.23. The molecule has 0 radical (unpaired) electrons. The number of rotatable bonds is 3. The maximum Gasteiger partial charge on any atom is 0.197 e. The van der Waals surface area contributed by atoms with Crippen molar-refractivity contribution in [2.75, 3.05) is 19.6 Å². The van der Waals surface area contributed by atoms with E-state index in [9.17, 15) is 0 Å². The molecule has 15 heavy (non-hydrogen) atoms. The van der Waals surface area contributed by atoms with Crippen molar-refractivity contribution in [2.24, 2.45) is 5.73 Å². The van der Waals surface area contributed by atoms with E-state index in [0.717, 1.165) is 44.1 Å². The molecule has 1 aromatic heterocycles. The van der Waals surface area contributed by atoms with Gasteiger partial charge in [-0.25, -0.2) is 4.98 Å². The van der Waals surface area contributed by atoms with Crippen LogP contribution in [0, 0.1) is 0 Å². The second-order valence-electron chi connectivity index (χ2n) is 4.09. The van der Waals surface area contributed by atoms with Gasteiger partial charge in [-0.15, -0.1) is 0 Å². The summed E-state index contributed by atoms with van der Waals surface area (Å²) in [5.74, 6) is 1.37. The predicted molar refractivity (Wildman–Crippen MR) is 58.5 cm³/mol. The summed E-state index contributed by atoms with van der Waals surface area (Å²) in [4.78, 5) is 6.85. The van der Waals surface area contributed by atoms with E-state index in [1.54, 1.807) is 6.26 Å². The lowest BCUT2D eigenvalue weighted by Crippen LogP contribution is -2.32.